The van der Waals surface area contributed by atoms with Crippen molar-refractivity contribution >= 4 is 34.0 Å². The van der Waals surface area contributed by atoms with Gasteiger partial charge in [0.15, 0.2) is 0 Å². The fraction of sp³-hybridized carbons (Fsp3) is 0.600. The number of non-ortho nitro benzene ring substituents is 1. The van der Waals surface area contributed by atoms with Gasteiger partial charge in [0.1, 0.15) is 5.75 Å². The normalized spacial score (nSPS) is 17.2. The Hall–Kier alpha value is -0.930. The first-order chi connectivity index (χ1) is 10.8. The maximum Gasteiger partial charge on any atom is 0.271 e. The number of aliphatic hydroxyl groups excluding tert-OH is 1. The molecule has 9 heteroatoms. The van der Waals surface area contributed by atoms with Gasteiger partial charge >= 0.3 is 0 Å². The Morgan fingerprint density at radius 2 is 2.00 bits per heavy atom. The molecule has 0 radical (unpaired) electrons. The van der Waals surface area contributed by atoms with Crippen LogP contribution in [0.4, 0.5) is 5.69 Å². The van der Waals surface area contributed by atoms with Gasteiger partial charge in [-0.05, 0) is 15.9 Å². The Balaban J connectivity index is 0.00000288. The molecule has 136 valence electrons. The molecule has 1 saturated heterocycles. The highest BCUT2D eigenvalue weighted by Gasteiger charge is 2.38. The zero-order valence-corrected chi connectivity index (χ0v) is 16.1. The van der Waals surface area contributed by atoms with Crippen molar-refractivity contribution < 1.29 is 15.1 Å². The van der Waals surface area contributed by atoms with Gasteiger partial charge in [-0.3, -0.25) is 15.0 Å². The van der Waals surface area contributed by atoms with E-state index in [-0.39, 0.29) is 41.0 Å². The number of aliphatic hydroxyl groups is 1. The van der Waals surface area contributed by atoms with Crippen molar-refractivity contribution in [3.8, 4) is 5.75 Å². The number of hydrogen-bond donors (Lipinski definition) is 3. The molecule has 0 unspecified atom stereocenters. The zero-order valence-electron chi connectivity index (χ0n) is 13.7. The molecular formula is C15H23BrClN3O4. The third-order valence-electron chi connectivity index (χ3n) is 4.25. The van der Waals surface area contributed by atoms with E-state index >= 15 is 0 Å². The van der Waals surface area contributed by atoms with Crippen molar-refractivity contribution in [2.45, 2.75) is 19.9 Å². The molecule has 0 bridgehead atoms. The molecule has 0 aliphatic carbocycles. The van der Waals surface area contributed by atoms with Crippen LogP contribution in [0.5, 0.6) is 5.75 Å². The Bertz CT molecular complexity index is 594. The van der Waals surface area contributed by atoms with Gasteiger partial charge in [0.25, 0.3) is 5.69 Å². The highest BCUT2D eigenvalue weighted by Crippen LogP contribution is 2.45. The van der Waals surface area contributed by atoms with Crippen LogP contribution >= 0.6 is 28.3 Å². The number of halogens is 2. The van der Waals surface area contributed by atoms with Gasteiger partial charge in [-0.1, -0.05) is 13.8 Å². The molecule has 0 amide bonds. The average molecular weight is 425 g/mol. The summed E-state index contributed by atoms with van der Waals surface area (Å²) in [6.07, 6.45) is 0. The van der Waals surface area contributed by atoms with Crippen LogP contribution in [0.1, 0.15) is 25.5 Å². The first-order valence-electron chi connectivity index (χ1n) is 7.50. The van der Waals surface area contributed by atoms with E-state index in [1.165, 1.54) is 12.1 Å². The van der Waals surface area contributed by atoms with Gasteiger partial charge in [0.05, 0.1) is 9.40 Å². The summed E-state index contributed by atoms with van der Waals surface area (Å²) in [5, 5.41) is 34.7. The second kappa shape index (κ2) is 8.44. The molecule has 0 saturated carbocycles. The zero-order chi connectivity index (χ0) is 17.2. The number of nitro benzene ring substituents is 1. The summed E-state index contributed by atoms with van der Waals surface area (Å²) < 4.78 is 0.288. The number of hydrogen-bond acceptors (Lipinski definition) is 6. The topological polar surface area (TPSA) is 98.9 Å². The SMILES string of the molecule is CC(C)(CO)[C@H](c1cc([N+](=O)[O-])cc(Br)c1O)N1CCNCC1.Cl. The highest BCUT2D eigenvalue weighted by molar-refractivity contribution is 9.10. The lowest BCUT2D eigenvalue weighted by Crippen LogP contribution is -2.49. The van der Waals surface area contributed by atoms with Crippen molar-refractivity contribution in [1.82, 2.24) is 10.2 Å². The molecule has 1 aromatic rings. The molecule has 2 rings (SSSR count). The van der Waals surface area contributed by atoms with Gasteiger partial charge in [-0.15, -0.1) is 12.4 Å². The lowest BCUT2D eigenvalue weighted by molar-refractivity contribution is -0.385. The summed E-state index contributed by atoms with van der Waals surface area (Å²) in [5.41, 5.74) is -0.186. The second-order valence-electron chi connectivity index (χ2n) is 6.46. The van der Waals surface area contributed by atoms with Crippen LogP contribution in [0.2, 0.25) is 0 Å². The molecule has 24 heavy (non-hydrogen) atoms. The maximum absolute atomic E-state index is 11.2. The summed E-state index contributed by atoms with van der Waals surface area (Å²) in [6.45, 7) is 6.78. The quantitative estimate of drug-likeness (QED) is 0.496. The number of nitrogens with one attached hydrogen (secondary N) is 1. The Morgan fingerprint density at radius 1 is 1.42 bits per heavy atom. The predicted octanol–water partition coefficient (Wildman–Crippen LogP) is 2.45. The van der Waals surface area contributed by atoms with Crippen molar-refractivity contribution in [2.75, 3.05) is 32.8 Å². The molecule has 0 spiro atoms. The molecule has 3 N–H and O–H groups in total. The average Bonchev–Trinajstić information content (AvgIpc) is 2.52. The number of piperazine rings is 1. The first kappa shape index (κ1) is 21.1. The predicted molar refractivity (Wildman–Crippen MR) is 97.8 cm³/mol. The van der Waals surface area contributed by atoms with Crippen LogP contribution in [-0.2, 0) is 0 Å². The van der Waals surface area contributed by atoms with Crippen LogP contribution in [-0.4, -0.2) is 52.8 Å². The number of nitrogens with zero attached hydrogens (tertiary/aromatic N) is 2. The van der Waals surface area contributed by atoms with Gasteiger partial charge in [-0.25, -0.2) is 0 Å². The summed E-state index contributed by atoms with van der Waals surface area (Å²) in [4.78, 5) is 12.8. The maximum atomic E-state index is 11.2. The summed E-state index contributed by atoms with van der Waals surface area (Å²) >= 11 is 3.20. The molecule has 1 heterocycles. The fourth-order valence-electron chi connectivity index (χ4n) is 3.06. The van der Waals surface area contributed by atoms with E-state index in [0.717, 1.165) is 26.2 Å². The molecular weight excluding hydrogens is 402 g/mol. The van der Waals surface area contributed by atoms with E-state index < -0.39 is 10.3 Å². The largest absolute Gasteiger partial charge is 0.506 e. The number of benzene rings is 1. The van der Waals surface area contributed by atoms with E-state index in [4.69, 9.17) is 0 Å². The third kappa shape index (κ3) is 4.37. The van der Waals surface area contributed by atoms with E-state index in [0.29, 0.717) is 5.56 Å². The summed E-state index contributed by atoms with van der Waals surface area (Å²) in [7, 11) is 0. The lowest BCUT2D eigenvalue weighted by atomic mass is 9.79. The molecule has 1 fully saturated rings. The number of rotatable bonds is 5. The number of nitro groups is 1. The van der Waals surface area contributed by atoms with Gasteiger partial charge < -0.3 is 15.5 Å². The molecule has 1 atom stereocenters. The lowest BCUT2D eigenvalue weighted by Gasteiger charge is -2.43. The Labute approximate surface area is 155 Å². The van der Waals surface area contributed by atoms with E-state index in [1.54, 1.807) is 0 Å². The van der Waals surface area contributed by atoms with E-state index in [9.17, 15) is 20.3 Å². The molecule has 1 aliphatic heterocycles. The van der Waals surface area contributed by atoms with Crippen LogP contribution < -0.4 is 5.32 Å². The van der Waals surface area contributed by atoms with Gasteiger partial charge in [-0.2, -0.15) is 0 Å². The van der Waals surface area contributed by atoms with Gasteiger partial charge in [0.2, 0.25) is 0 Å². The van der Waals surface area contributed by atoms with Crippen LogP contribution in [0, 0.1) is 15.5 Å². The van der Waals surface area contributed by atoms with E-state index in [1.807, 2.05) is 13.8 Å². The molecule has 0 aromatic heterocycles. The Morgan fingerprint density at radius 3 is 2.50 bits per heavy atom. The summed E-state index contributed by atoms with van der Waals surface area (Å²) in [6, 6.07) is 2.37. The Kier molecular flexibility index (Phi) is 7.43. The monoisotopic (exact) mass is 423 g/mol. The highest BCUT2D eigenvalue weighted by atomic mass is 79.9. The van der Waals surface area contributed by atoms with Crippen LogP contribution in [0.15, 0.2) is 16.6 Å². The number of aromatic hydroxyl groups is 1. The fourth-order valence-corrected chi connectivity index (χ4v) is 3.52. The first-order valence-corrected chi connectivity index (χ1v) is 8.29. The number of phenols is 1. The molecule has 1 aliphatic rings. The van der Waals surface area contributed by atoms with Crippen LogP contribution in [0.3, 0.4) is 0 Å². The van der Waals surface area contributed by atoms with E-state index in [2.05, 4.69) is 26.1 Å². The minimum absolute atomic E-state index is 0. The third-order valence-corrected chi connectivity index (χ3v) is 4.85. The minimum Gasteiger partial charge on any atom is -0.506 e. The van der Waals surface area contributed by atoms with Gasteiger partial charge in [0, 0.05) is 61.9 Å². The molecule has 1 aromatic carbocycles. The standard InChI is InChI=1S/C15H22BrN3O4.ClH/c1-15(2,9-20)14(18-5-3-17-4-6-18)11-7-10(19(22)23)8-12(16)13(11)21;/h7-8,14,17,20-21H,3-6,9H2,1-2H3;1H/t14-;/m0./s1. The van der Waals surface area contributed by atoms with Crippen molar-refractivity contribution in [3.05, 3.63) is 32.3 Å². The molecule has 7 nitrogen and oxygen atoms in total. The van der Waals surface area contributed by atoms with Crippen molar-refractivity contribution in [1.29, 1.82) is 0 Å². The number of phenolic OH excluding ortho intramolecular Hbond substituents is 1. The van der Waals surface area contributed by atoms with Crippen molar-refractivity contribution in [3.63, 3.8) is 0 Å². The summed E-state index contributed by atoms with van der Waals surface area (Å²) in [5.74, 6) is -0.0133. The second-order valence-corrected chi connectivity index (χ2v) is 7.31. The smallest absolute Gasteiger partial charge is 0.271 e. The minimum atomic E-state index is -0.566. The van der Waals surface area contributed by atoms with Crippen LogP contribution in [0.25, 0.3) is 0 Å². The van der Waals surface area contributed by atoms with Crippen molar-refractivity contribution in [2.24, 2.45) is 5.41 Å².